The van der Waals surface area contributed by atoms with E-state index in [0.717, 1.165) is 23.8 Å². The van der Waals surface area contributed by atoms with Gasteiger partial charge in [-0.15, -0.1) is 0 Å². The van der Waals surface area contributed by atoms with Crippen LogP contribution in [0.15, 0.2) is 47.4 Å². The van der Waals surface area contributed by atoms with Crippen molar-refractivity contribution in [2.75, 3.05) is 12.8 Å². The van der Waals surface area contributed by atoms with Gasteiger partial charge >= 0.3 is 6.09 Å². The molecule has 2 bridgehead atoms. The summed E-state index contributed by atoms with van der Waals surface area (Å²) in [6.07, 6.45) is 3.14. The Morgan fingerprint density at radius 1 is 1.13 bits per heavy atom. The average molecular weight is 548 g/mol. The molecule has 2 aliphatic rings. The molecular weight excluding hydrogens is 514 g/mol. The van der Waals surface area contributed by atoms with Gasteiger partial charge in [0, 0.05) is 19.2 Å². The lowest BCUT2D eigenvalue weighted by atomic mass is 9.84. The first-order valence-corrected chi connectivity index (χ1v) is 14.9. The predicted octanol–water partition coefficient (Wildman–Crippen LogP) is 5.06. The molecule has 1 saturated carbocycles. The maximum atomic E-state index is 13.6. The Morgan fingerprint density at radius 3 is 2.36 bits per heavy atom. The Morgan fingerprint density at radius 2 is 1.79 bits per heavy atom. The van der Waals surface area contributed by atoms with Gasteiger partial charge in [-0.2, -0.15) is 10.5 Å². The molecule has 0 spiro atoms. The quantitative estimate of drug-likeness (QED) is 0.474. The number of fused-ring (bicyclic) bond motifs is 2. The van der Waals surface area contributed by atoms with Crippen molar-refractivity contribution in [1.82, 2.24) is 4.90 Å². The van der Waals surface area contributed by atoms with Gasteiger partial charge in [0.15, 0.2) is 15.6 Å². The fourth-order valence-electron chi connectivity index (χ4n) is 5.72. The summed E-state index contributed by atoms with van der Waals surface area (Å²) in [7, 11) is -3.57. The number of likely N-dealkylation sites (tertiary alicyclic amines) is 1. The third kappa shape index (κ3) is 5.99. The van der Waals surface area contributed by atoms with Crippen LogP contribution in [0.25, 0.3) is 11.1 Å². The van der Waals surface area contributed by atoms with E-state index in [9.17, 15) is 28.5 Å². The Kier molecular flexibility index (Phi) is 7.60. The Hall–Kier alpha value is -3.69. The van der Waals surface area contributed by atoms with Crippen LogP contribution in [0, 0.1) is 34.5 Å². The van der Waals surface area contributed by atoms with Gasteiger partial charge in [-0.3, -0.25) is 9.69 Å². The third-order valence-electron chi connectivity index (χ3n) is 7.57. The lowest BCUT2D eigenvalue weighted by Gasteiger charge is -2.38. The van der Waals surface area contributed by atoms with Crippen LogP contribution in [0.5, 0.6) is 0 Å². The number of sulfone groups is 1. The molecule has 0 radical (unpaired) electrons. The number of carbonyl (C=O) groups is 2. The molecular formula is C30H33N3O5S. The van der Waals surface area contributed by atoms with E-state index in [1.165, 1.54) is 12.1 Å². The smallest absolute Gasteiger partial charge is 0.411 e. The number of hydrogen-bond donors (Lipinski definition) is 0. The minimum Gasteiger partial charge on any atom is -0.444 e. The summed E-state index contributed by atoms with van der Waals surface area (Å²) in [5.41, 5.74) is 0.846. The number of rotatable bonds is 7. The van der Waals surface area contributed by atoms with Crippen molar-refractivity contribution in [2.45, 2.75) is 68.9 Å². The second kappa shape index (κ2) is 10.5. The summed E-state index contributed by atoms with van der Waals surface area (Å²) in [5, 5.41) is 19.1. The number of nitrogens with zero attached hydrogens (tertiary/aromatic N) is 3. The van der Waals surface area contributed by atoms with Gasteiger partial charge in [0.1, 0.15) is 17.2 Å². The van der Waals surface area contributed by atoms with Crippen LogP contribution < -0.4 is 0 Å². The zero-order valence-corrected chi connectivity index (χ0v) is 23.5. The van der Waals surface area contributed by atoms with E-state index < -0.39 is 33.0 Å². The monoisotopic (exact) mass is 547 g/mol. The van der Waals surface area contributed by atoms with E-state index in [1.807, 2.05) is 30.3 Å². The normalized spacial score (nSPS) is 21.2. The zero-order valence-electron chi connectivity index (χ0n) is 22.7. The van der Waals surface area contributed by atoms with Gasteiger partial charge in [0.25, 0.3) is 0 Å². The molecule has 2 aromatic rings. The van der Waals surface area contributed by atoms with Crippen molar-refractivity contribution in [2.24, 2.45) is 11.8 Å². The van der Waals surface area contributed by atoms with Gasteiger partial charge in [0.2, 0.25) is 0 Å². The molecule has 3 atom stereocenters. The lowest BCUT2D eigenvalue weighted by molar-refractivity contribution is -0.130. The summed E-state index contributed by atoms with van der Waals surface area (Å²) < 4.78 is 29.8. The maximum Gasteiger partial charge on any atom is 0.411 e. The van der Waals surface area contributed by atoms with Crippen LogP contribution in [0.2, 0.25) is 0 Å². The number of piperidine rings is 1. The maximum absolute atomic E-state index is 13.6. The highest BCUT2D eigenvalue weighted by atomic mass is 32.2. The Balaban J connectivity index is 1.47. The standard InChI is InChI=1S/C30H33N3O5S/c1-29(2,3)38-28(35)33-19-21-11-12-30(33,16-21)27(34)14-22(17-31)13-20-5-7-23(8-6-20)24-9-10-25(18-32)26(15-24)39(4,36)37/h5-10,15,21-22H,11-14,16,19H2,1-4H3/t21-,22+,30-/m0/s1. The van der Waals surface area contributed by atoms with E-state index in [0.29, 0.717) is 31.4 Å². The van der Waals surface area contributed by atoms with Gasteiger partial charge in [0.05, 0.1) is 22.4 Å². The summed E-state index contributed by atoms with van der Waals surface area (Å²) in [5.74, 6) is -0.355. The molecule has 1 aliphatic carbocycles. The molecule has 0 aromatic heterocycles. The molecule has 1 amide bonds. The number of ether oxygens (including phenoxy) is 1. The highest BCUT2D eigenvalue weighted by Gasteiger charge is 2.57. The lowest BCUT2D eigenvalue weighted by Crippen LogP contribution is -2.54. The van der Waals surface area contributed by atoms with E-state index in [-0.39, 0.29) is 28.6 Å². The zero-order chi connectivity index (χ0) is 28.6. The first-order valence-electron chi connectivity index (χ1n) is 13.0. The fraction of sp³-hybridized carbons (Fsp3) is 0.467. The molecule has 204 valence electrons. The number of Topliss-reactive ketones (excluding diaryl/α,β-unsaturated/α-hetero) is 1. The van der Waals surface area contributed by atoms with Crippen molar-refractivity contribution in [3.63, 3.8) is 0 Å². The van der Waals surface area contributed by atoms with Crippen molar-refractivity contribution >= 4 is 21.7 Å². The second-order valence-electron chi connectivity index (χ2n) is 11.7. The van der Waals surface area contributed by atoms with Crippen LogP contribution in [-0.4, -0.2) is 49.1 Å². The largest absolute Gasteiger partial charge is 0.444 e. The second-order valence-corrected chi connectivity index (χ2v) is 13.7. The van der Waals surface area contributed by atoms with Crippen LogP contribution in [0.3, 0.4) is 0 Å². The summed E-state index contributed by atoms with van der Waals surface area (Å²) in [4.78, 5) is 28.1. The van der Waals surface area contributed by atoms with Crippen molar-refractivity contribution in [3.8, 4) is 23.3 Å². The van der Waals surface area contributed by atoms with Gasteiger partial charge < -0.3 is 4.74 Å². The first-order chi connectivity index (χ1) is 18.3. The number of carbonyl (C=O) groups excluding carboxylic acids is 2. The van der Waals surface area contributed by atoms with E-state index in [2.05, 4.69) is 6.07 Å². The minimum absolute atomic E-state index is 0.0181. The van der Waals surface area contributed by atoms with E-state index >= 15 is 0 Å². The fourth-order valence-corrected chi connectivity index (χ4v) is 6.58. The Bertz CT molecular complexity index is 1480. The number of benzene rings is 2. The summed E-state index contributed by atoms with van der Waals surface area (Å²) in [6, 6.07) is 16.3. The van der Waals surface area contributed by atoms with Crippen molar-refractivity contribution < 1.29 is 22.7 Å². The molecule has 4 rings (SSSR count). The molecule has 2 aromatic carbocycles. The van der Waals surface area contributed by atoms with E-state index in [1.54, 1.807) is 31.7 Å². The molecule has 0 N–H and O–H groups in total. The number of hydrogen-bond acceptors (Lipinski definition) is 7. The Labute approximate surface area is 230 Å². The summed E-state index contributed by atoms with van der Waals surface area (Å²) >= 11 is 0. The third-order valence-corrected chi connectivity index (χ3v) is 8.70. The van der Waals surface area contributed by atoms with Gasteiger partial charge in [-0.05, 0) is 81.2 Å². The van der Waals surface area contributed by atoms with Crippen LogP contribution in [-0.2, 0) is 25.8 Å². The number of nitriles is 2. The highest BCUT2D eigenvalue weighted by Crippen LogP contribution is 2.48. The van der Waals surface area contributed by atoms with Gasteiger partial charge in [-0.1, -0.05) is 30.3 Å². The van der Waals surface area contributed by atoms with Gasteiger partial charge in [-0.25, -0.2) is 13.2 Å². The molecule has 2 fully saturated rings. The van der Waals surface area contributed by atoms with Crippen LogP contribution in [0.1, 0.15) is 57.6 Å². The molecule has 9 heteroatoms. The summed E-state index contributed by atoms with van der Waals surface area (Å²) in [6.45, 7) is 5.92. The molecule has 0 unspecified atom stereocenters. The molecule has 1 heterocycles. The van der Waals surface area contributed by atoms with Crippen LogP contribution in [0.4, 0.5) is 4.79 Å². The minimum atomic E-state index is -3.57. The number of ketones is 1. The predicted molar refractivity (Wildman–Crippen MR) is 145 cm³/mol. The van der Waals surface area contributed by atoms with Crippen LogP contribution >= 0.6 is 0 Å². The topological polar surface area (TPSA) is 128 Å². The average Bonchev–Trinajstić information content (AvgIpc) is 3.47. The SMILES string of the molecule is CC(C)(C)OC(=O)N1C[C@H]2CC[C@@]1(C(=O)C[C@H](C#N)Cc1ccc(-c3ccc(C#N)c(S(C)(=O)=O)c3)cc1)C2. The van der Waals surface area contributed by atoms with E-state index in [4.69, 9.17) is 4.74 Å². The molecule has 8 nitrogen and oxygen atoms in total. The number of amides is 1. The molecule has 39 heavy (non-hydrogen) atoms. The molecule has 1 saturated heterocycles. The van der Waals surface area contributed by atoms with Crippen molar-refractivity contribution in [3.05, 3.63) is 53.6 Å². The highest BCUT2D eigenvalue weighted by molar-refractivity contribution is 7.90. The van der Waals surface area contributed by atoms with Crippen molar-refractivity contribution in [1.29, 1.82) is 10.5 Å². The first kappa shape index (κ1) is 28.3. The molecule has 1 aliphatic heterocycles.